The van der Waals surface area contributed by atoms with E-state index >= 15 is 0 Å². The Morgan fingerprint density at radius 2 is 2.05 bits per heavy atom. The average Bonchev–Trinajstić information content (AvgIpc) is 2.43. The molecule has 1 aromatic carbocycles. The van der Waals surface area contributed by atoms with Gasteiger partial charge in [0, 0.05) is 23.2 Å². The van der Waals surface area contributed by atoms with E-state index in [1.807, 2.05) is 7.05 Å². The first-order valence-corrected chi connectivity index (χ1v) is 8.58. The SMILES string of the molecule is CN1CCC(NS(=O)(=O)c2cc(Cl)cc(CN)c2F)CC1. The highest BCUT2D eigenvalue weighted by Gasteiger charge is 2.27. The van der Waals surface area contributed by atoms with Crippen molar-refractivity contribution in [3.63, 3.8) is 0 Å². The maximum atomic E-state index is 14.2. The number of benzene rings is 1. The summed E-state index contributed by atoms with van der Waals surface area (Å²) in [6.45, 7) is 1.50. The fourth-order valence-electron chi connectivity index (χ4n) is 2.37. The lowest BCUT2D eigenvalue weighted by Crippen LogP contribution is -2.43. The fraction of sp³-hybridized carbons (Fsp3) is 0.538. The fourth-order valence-corrected chi connectivity index (χ4v) is 4.13. The molecule has 1 heterocycles. The predicted octanol–water partition coefficient (Wildman–Crippen LogP) is 1.31. The number of likely N-dealkylation sites (tertiary alicyclic amines) is 1. The summed E-state index contributed by atoms with van der Waals surface area (Å²) in [5.74, 6) is -0.831. The number of nitrogens with two attached hydrogens (primary N) is 1. The van der Waals surface area contributed by atoms with Gasteiger partial charge >= 0.3 is 0 Å². The summed E-state index contributed by atoms with van der Waals surface area (Å²) in [6.07, 6.45) is 1.39. The van der Waals surface area contributed by atoms with Gasteiger partial charge in [-0.25, -0.2) is 17.5 Å². The van der Waals surface area contributed by atoms with Crippen LogP contribution >= 0.6 is 11.6 Å². The van der Waals surface area contributed by atoms with E-state index in [1.54, 1.807) is 0 Å². The second-order valence-corrected chi connectivity index (χ2v) is 7.40. The second-order valence-electron chi connectivity index (χ2n) is 5.28. The largest absolute Gasteiger partial charge is 0.326 e. The van der Waals surface area contributed by atoms with Gasteiger partial charge in [0.1, 0.15) is 10.7 Å². The zero-order valence-electron chi connectivity index (χ0n) is 11.8. The van der Waals surface area contributed by atoms with Crippen molar-refractivity contribution in [3.05, 3.63) is 28.5 Å². The van der Waals surface area contributed by atoms with Gasteiger partial charge in [0.15, 0.2) is 0 Å². The molecule has 0 aliphatic carbocycles. The van der Waals surface area contributed by atoms with Crippen molar-refractivity contribution >= 4 is 21.6 Å². The lowest BCUT2D eigenvalue weighted by atomic mass is 10.1. The minimum absolute atomic E-state index is 0.0891. The van der Waals surface area contributed by atoms with Crippen LogP contribution in [0.3, 0.4) is 0 Å². The molecule has 1 fully saturated rings. The van der Waals surface area contributed by atoms with Crippen LogP contribution in [0.2, 0.25) is 5.02 Å². The summed E-state index contributed by atoms with van der Waals surface area (Å²) in [7, 11) is -1.97. The van der Waals surface area contributed by atoms with E-state index in [4.69, 9.17) is 17.3 Å². The zero-order valence-corrected chi connectivity index (χ0v) is 13.3. The summed E-state index contributed by atoms with van der Waals surface area (Å²) >= 11 is 5.85. The highest BCUT2D eigenvalue weighted by Crippen LogP contribution is 2.24. The lowest BCUT2D eigenvalue weighted by molar-refractivity contribution is 0.248. The molecule has 8 heteroatoms. The van der Waals surface area contributed by atoms with Gasteiger partial charge in [-0.15, -0.1) is 0 Å². The van der Waals surface area contributed by atoms with Gasteiger partial charge in [0.25, 0.3) is 0 Å². The molecule has 0 atom stereocenters. The Hall–Kier alpha value is -0.730. The van der Waals surface area contributed by atoms with Crippen molar-refractivity contribution < 1.29 is 12.8 Å². The van der Waals surface area contributed by atoms with Crippen LogP contribution in [0.15, 0.2) is 17.0 Å². The Morgan fingerprint density at radius 3 is 2.62 bits per heavy atom. The van der Waals surface area contributed by atoms with Crippen molar-refractivity contribution in [3.8, 4) is 0 Å². The number of nitrogens with zero attached hydrogens (tertiary/aromatic N) is 1. The molecule has 1 aliphatic rings. The standard InChI is InChI=1S/C13H19ClFN3O2S/c1-18-4-2-11(3-5-18)17-21(19,20)12-7-10(14)6-9(8-16)13(12)15/h6-7,11,17H,2-5,8,16H2,1H3. The Balaban J connectivity index is 2.25. The van der Waals surface area contributed by atoms with Gasteiger partial charge in [0.05, 0.1) is 0 Å². The first-order chi connectivity index (χ1) is 9.83. The van der Waals surface area contributed by atoms with Crippen molar-refractivity contribution in [2.24, 2.45) is 5.73 Å². The van der Waals surface area contributed by atoms with Crippen LogP contribution in [-0.4, -0.2) is 39.5 Å². The van der Waals surface area contributed by atoms with Crippen LogP contribution in [0.5, 0.6) is 0 Å². The number of piperidine rings is 1. The lowest BCUT2D eigenvalue weighted by Gasteiger charge is -2.29. The Labute approximate surface area is 129 Å². The van der Waals surface area contributed by atoms with Crippen LogP contribution < -0.4 is 10.5 Å². The first kappa shape index (κ1) is 16.6. The van der Waals surface area contributed by atoms with Gasteiger partial charge < -0.3 is 10.6 Å². The van der Waals surface area contributed by atoms with E-state index < -0.39 is 20.7 Å². The molecule has 0 amide bonds. The molecular weight excluding hydrogens is 317 g/mol. The zero-order chi connectivity index (χ0) is 15.6. The summed E-state index contributed by atoms with van der Waals surface area (Å²) in [4.78, 5) is 1.69. The topological polar surface area (TPSA) is 75.4 Å². The number of nitrogens with one attached hydrogen (secondary N) is 1. The molecule has 0 bridgehead atoms. The third kappa shape index (κ3) is 3.92. The third-order valence-corrected chi connectivity index (χ3v) is 5.37. The van der Waals surface area contributed by atoms with Crippen molar-refractivity contribution in [2.75, 3.05) is 20.1 Å². The number of hydrogen-bond acceptors (Lipinski definition) is 4. The molecule has 21 heavy (non-hydrogen) atoms. The summed E-state index contributed by atoms with van der Waals surface area (Å²) in [6, 6.07) is 2.27. The smallest absolute Gasteiger partial charge is 0.243 e. The maximum Gasteiger partial charge on any atom is 0.243 e. The van der Waals surface area contributed by atoms with Crippen LogP contribution in [-0.2, 0) is 16.6 Å². The molecule has 1 saturated heterocycles. The first-order valence-electron chi connectivity index (χ1n) is 6.72. The molecule has 0 unspecified atom stereocenters. The predicted molar refractivity (Wildman–Crippen MR) is 80.1 cm³/mol. The van der Waals surface area contributed by atoms with E-state index in [0.717, 1.165) is 19.2 Å². The minimum Gasteiger partial charge on any atom is -0.326 e. The summed E-state index contributed by atoms with van der Waals surface area (Å²) in [5, 5.41) is 0.153. The molecule has 1 aromatic rings. The van der Waals surface area contributed by atoms with Crippen LogP contribution in [0.25, 0.3) is 0 Å². The van der Waals surface area contributed by atoms with Crippen molar-refractivity contribution in [1.29, 1.82) is 0 Å². The summed E-state index contributed by atoms with van der Waals surface area (Å²) < 4.78 is 41.5. The monoisotopic (exact) mass is 335 g/mol. The van der Waals surface area contributed by atoms with Gasteiger partial charge in [-0.3, -0.25) is 0 Å². The van der Waals surface area contributed by atoms with E-state index in [9.17, 15) is 12.8 Å². The van der Waals surface area contributed by atoms with E-state index in [0.29, 0.717) is 12.8 Å². The molecule has 0 spiro atoms. The number of rotatable bonds is 4. The molecule has 118 valence electrons. The van der Waals surface area contributed by atoms with E-state index in [2.05, 4.69) is 9.62 Å². The quantitative estimate of drug-likeness (QED) is 0.870. The van der Waals surface area contributed by atoms with Crippen molar-refractivity contribution in [1.82, 2.24) is 9.62 Å². The number of halogens is 2. The van der Waals surface area contributed by atoms with E-state index in [1.165, 1.54) is 6.07 Å². The minimum atomic E-state index is -3.95. The molecule has 0 saturated carbocycles. The highest BCUT2D eigenvalue weighted by atomic mass is 35.5. The maximum absolute atomic E-state index is 14.2. The molecule has 0 radical (unpaired) electrons. The van der Waals surface area contributed by atoms with Gasteiger partial charge in [-0.1, -0.05) is 11.6 Å². The van der Waals surface area contributed by atoms with Crippen LogP contribution in [0, 0.1) is 5.82 Å². The summed E-state index contributed by atoms with van der Waals surface area (Å²) in [5.41, 5.74) is 5.50. The Bertz CT molecular complexity index is 616. The molecule has 1 aliphatic heterocycles. The molecular formula is C13H19ClFN3O2S. The Morgan fingerprint density at radius 1 is 1.43 bits per heavy atom. The molecule has 3 N–H and O–H groups in total. The average molecular weight is 336 g/mol. The molecule has 0 aromatic heterocycles. The van der Waals surface area contributed by atoms with Gasteiger partial charge in [0.2, 0.25) is 10.0 Å². The molecule has 2 rings (SSSR count). The van der Waals surface area contributed by atoms with Crippen LogP contribution in [0.1, 0.15) is 18.4 Å². The number of sulfonamides is 1. The van der Waals surface area contributed by atoms with E-state index in [-0.39, 0.29) is 23.2 Å². The second kappa shape index (κ2) is 6.58. The van der Waals surface area contributed by atoms with Gasteiger partial charge in [-0.05, 0) is 45.1 Å². The highest BCUT2D eigenvalue weighted by molar-refractivity contribution is 7.89. The van der Waals surface area contributed by atoms with Crippen LogP contribution in [0.4, 0.5) is 4.39 Å². The Kier molecular flexibility index (Phi) is 5.21. The van der Waals surface area contributed by atoms with Crippen molar-refractivity contribution in [2.45, 2.75) is 30.3 Å². The third-order valence-electron chi connectivity index (χ3n) is 3.63. The molecule has 5 nitrogen and oxygen atoms in total. The number of hydrogen-bond donors (Lipinski definition) is 2. The van der Waals surface area contributed by atoms with Gasteiger partial charge in [-0.2, -0.15) is 0 Å². The normalized spacial score (nSPS) is 18.1.